The van der Waals surface area contributed by atoms with Crippen LogP contribution in [0.2, 0.25) is 5.02 Å². The first-order valence-electron chi connectivity index (χ1n) is 12.7. The van der Waals surface area contributed by atoms with Crippen LogP contribution in [0.5, 0.6) is 11.5 Å². The molecular formula is C28H34ClN3O4S. The molecule has 3 aromatic rings. The molecule has 1 fully saturated rings. The smallest absolute Gasteiger partial charge is 0.259 e. The van der Waals surface area contributed by atoms with Crippen molar-refractivity contribution in [3.8, 4) is 11.5 Å². The highest BCUT2D eigenvalue weighted by Gasteiger charge is 2.47. The van der Waals surface area contributed by atoms with Gasteiger partial charge in [-0.1, -0.05) is 11.6 Å². The molecule has 1 aliphatic carbocycles. The van der Waals surface area contributed by atoms with Gasteiger partial charge in [0, 0.05) is 46.6 Å². The number of halogens is 1. The molecular weight excluding hydrogens is 510 g/mol. The zero-order chi connectivity index (χ0) is 26.6. The molecule has 1 aromatic carbocycles. The third-order valence-electron chi connectivity index (χ3n) is 8.08. The first-order chi connectivity index (χ1) is 17.5. The molecule has 0 spiro atoms. The predicted molar refractivity (Wildman–Crippen MR) is 150 cm³/mol. The number of thioether (sulfide) groups is 1. The Kier molecular flexibility index (Phi) is 6.88. The number of rotatable bonds is 5. The van der Waals surface area contributed by atoms with Crippen LogP contribution >= 0.6 is 23.4 Å². The minimum atomic E-state index is -0.827. The van der Waals surface area contributed by atoms with Crippen LogP contribution in [0.15, 0.2) is 32.8 Å². The average molecular weight is 544 g/mol. The lowest BCUT2D eigenvalue weighted by molar-refractivity contribution is -0.123. The van der Waals surface area contributed by atoms with Gasteiger partial charge in [-0.3, -0.25) is 9.59 Å². The van der Waals surface area contributed by atoms with Gasteiger partial charge in [-0.2, -0.15) is 0 Å². The van der Waals surface area contributed by atoms with Crippen molar-refractivity contribution in [1.82, 2.24) is 14.5 Å². The van der Waals surface area contributed by atoms with E-state index >= 15 is 0 Å². The van der Waals surface area contributed by atoms with Crippen LogP contribution in [0, 0.1) is 19.8 Å². The van der Waals surface area contributed by atoms with Crippen molar-refractivity contribution in [2.45, 2.75) is 69.7 Å². The Morgan fingerprint density at radius 3 is 2.49 bits per heavy atom. The number of aryl methyl sites for hydroxylation is 2. The van der Waals surface area contributed by atoms with Crippen LogP contribution in [0.25, 0.3) is 10.8 Å². The summed E-state index contributed by atoms with van der Waals surface area (Å²) in [6, 6.07) is 4.33. The lowest BCUT2D eigenvalue weighted by Crippen LogP contribution is -2.46. The largest absolute Gasteiger partial charge is 0.448 e. The molecule has 0 bridgehead atoms. The van der Waals surface area contributed by atoms with Crippen LogP contribution < -0.4 is 20.6 Å². The number of hydrogen-bond acceptors (Lipinski definition) is 6. The molecule has 1 saturated carbocycles. The molecule has 2 aromatic heterocycles. The fourth-order valence-corrected chi connectivity index (χ4v) is 6.84. The Morgan fingerprint density at radius 1 is 1.16 bits per heavy atom. The van der Waals surface area contributed by atoms with Crippen LogP contribution in [0.4, 0.5) is 0 Å². The van der Waals surface area contributed by atoms with Crippen molar-refractivity contribution in [2.24, 2.45) is 5.92 Å². The maximum absolute atomic E-state index is 13.7. The van der Waals surface area contributed by atoms with E-state index in [9.17, 15) is 9.59 Å². The lowest BCUT2D eigenvalue weighted by atomic mass is 9.81. The number of aromatic nitrogens is 2. The second kappa shape index (κ2) is 9.71. The summed E-state index contributed by atoms with van der Waals surface area (Å²) >= 11 is 8.34. The number of pyridine rings is 2. The van der Waals surface area contributed by atoms with Crippen molar-refractivity contribution in [1.29, 1.82) is 0 Å². The quantitative estimate of drug-likeness (QED) is 0.438. The average Bonchev–Trinajstić information content (AvgIpc) is 3.24. The summed E-state index contributed by atoms with van der Waals surface area (Å²) in [7, 11) is 4.26. The van der Waals surface area contributed by atoms with Crippen LogP contribution in [-0.4, -0.2) is 46.6 Å². The fourth-order valence-electron chi connectivity index (χ4n) is 5.86. The zero-order valence-electron chi connectivity index (χ0n) is 22.2. The Hall–Kier alpha value is -2.42. The summed E-state index contributed by atoms with van der Waals surface area (Å²) in [4.78, 5) is 32.4. The third kappa shape index (κ3) is 4.47. The molecule has 1 unspecified atom stereocenters. The van der Waals surface area contributed by atoms with E-state index in [-0.39, 0.29) is 23.6 Å². The molecule has 5 rings (SSSR count). The minimum absolute atomic E-state index is 0.166. The van der Waals surface area contributed by atoms with Gasteiger partial charge in [-0.25, -0.2) is 0 Å². The van der Waals surface area contributed by atoms with E-state index in [1.807, 2.05) is 39.2 Å². The van der Waals surface area contributed by atoms with E-state index in [0.717, 1.165) is 36.3 Å². The van der Waals surface area contributed by atoms with Crippen molar-refractivity contribution < 1.29 is 9.47 Å². The molecule has 2 aliphatic rings. The molecule has 198 valence electrons. The number of nitrogens with zero attached hydrogens (tertiary/aromatic N) is 2. The van der Waals surface area contributed by atoms with Gasteiger partial charge in [0.1, 0.15) is 0 Å². The van der Waals surface area contributed by atoms with E-state index in [2.05, 4.69) is 24.0 Å². The molecule has 7 nitrogen and oxygen atoms in total. The van der Waals surface area contributed by atoms with E-state index < -0.39 is 5.79 Å². The van der Waals surface area contributed by atoms with Crippen molar-refractivity contribution in [2.75, 3.05) is 20.4 Å². The highest BCUT2D eigenvalue weighted by atomic mass is 35.5. The van der Waals surface area contributed by atoms with Gasteiger partial charge in [0.25, 0.3) is 16.9 Å². The first kappa shape index (κ1) is 26.2. The summed E-state index contributed by atoms with van der Waals surface area (Å²) in [6.45, 7) is 5.88. The summed E-state index contributed by atoms with van der Waals surface area (Å²) in [6.07, 6.45) is 7.80. The Morgan fingerprint density at radius 2 is 1.84 bits per heavy atom. The molecule has 1 atom stereocenters. The normalized spacial score (nSPS) is 23.2. The van der Waals surface area contributed by atoms with Gasteiger partial charge < -0.3 is 23.9 Å². The molecule has 0 saturated heterocycles. The second-order valence-corrected chi connectivity index (χ2v) is 11.9. The number of H-pyrrole nitrogens is 1. The molecule has 1 aliphatic heterocycles. The van der Waals surface area contributed by atoms with Gasteiger partial charge in [0.05, 0.1) is 22.5 Å². The summed E-state index contributed by atoms with van der Waals surface area (Å²) < 4.78 is 14.5. The van der Waals surface area contributed by atoms with Crippen LogP contribution in [0.1, 0.15) is 49.4 Å². The maximum Gasteiger partial charge on any atom is 0.259 e. The monoisotopic (exact) mass is 543 g/mol. The van der Waals surface area contributed by atoms with E-state index in [0.29, 0.717) is 44.5 Å². The lowest BCUT2D eigenvalue weighted by Gasteiger charge is -2.39. The number of ether oxygens (including phenoxy) is 2. The number of nitrogens with one attached hydrogen (secondary N) is 1. The molecule has 0 radical (unpaired) electrons. The number of fused-ring (bicyclic) bond motifs is 2. The Labute approximate surface area is 226 Å². The summed E-state index contributed by atoms with van der Waals surface area (Å²) in [5.74, 6) is 0.458. The van der Waals surface area contributed by atoms with E-state index in [1.54, 1.807) is 10.8 Å². The molecule has 3 heterocycles. The maximum atomic E-state index is 13.7. The first-order valence-corrected chi connectivity index (χ1v) is 14.3. The van der Waals surface area contributed by atoms with Crippen LogP contribution in [0.3, 0.4) is 0 Å². The standard InChI is InChI=1S/C28H34ClN3O4S/c1-15-13-21(37-6)20(26(33)30-15)14-32-12-11-19-22(27(32)34)16(2)24-25(23(19)29)36-28(3,35-24)17-7-9-18(10-8-17)31(4)5/h11-13,17-18H,7-10,14H2,1-6H3,(H,30,33). The molecule has 9 heteroatoms. The second-order valence-electron chi connectivity index (χ2n) is 10.7. The molecule has 37 heavy (non-hydrogen) atoms. The highest BCUT2D eigenvalue weighted by molar-refractivity contribution is 7.98. The molecule has 1 N–H and O–H groups in total. The van der Waals surface area contributed by atoms with Gasteiger partial charge in [-0.05, 0) is 72.0 Å². The Bertz CT molecular complexity index is 1490. The number of hydrogen-bond donors (Lipinski definition) is 1. The molecule has 0 amide bonds. The highest BCUT2D eigenvalue weighted by Crippen LogP contribution is 2.53. The van der Waals surface area contributed by atoms with Gasteiger partial charge in [0.2, 0.25) is 0 Å². The summed E-state index contributed by atoms with van der Waals surface area (Å²) in [5, 5.41) is 1.51. The topological polar surface area (TPSA) is 76.6 Å². The Balaban J connectivity index is 1.53. The van der Waals surface area contributed by atoms with Crippen molar-refractivity contribution in [3.05, 3.63) is 60.9 Å². The third-order valence-corrected chi connectivity index (χ3v) is 9.26. The predicted octanol–water partition coefficient (Wildman–Crippen LogP) is 5.34. The number of benzene rings is 1. The fraction of sp³-hybridized carbons (Fsp3) is 0.500. The SMILES string of the molecule is CSc1cc(C)[nH]c(=O)c1Cn1ccc2c(Cl)c3c(c(C)c2c1=O)OC(C)(C1CCC(N(C)C)CC1)O3. The van der Waals surface area contributed by atoms with Crippen molar-refractivity contribution in [3.63, 3.8) is 0 Å². The summed E-state index contributed by atoms with van der Waals surface area (Å²) in [5.41, 5.74) is 1.66. The number of aromatic amines is 1. The van der Waals surface area contributed by atoms with Gasteiger partial charge in [-0.15, -0.1) is 11.8 Å². The zero-order valence-corrected chi connectivity index (χ0v) is 23.8. The van der Waals surface area contributed by atoms with Gasteiger partial charge >= 0.3 is 0 Å². The van der Waals surface area contributed by atoms with E-state index in [1.165, 1.54) is 11.8 Å². The van der Waals surface area contributed by atoms with Crippen LogP contribution in [-0.2, 0) is 6.54 Å². The van der Waals surface area contributed by atoms with E-state index in [4.69, 9.17) is 21.1 Å². The van der Waals surface area contributed by atoms with Gasteiger partial charge in [0.15, 0.2) is 11.5 Å². The van der Waals surface area contributed by atoms with Crippen molar-refractivity contribution >= 4 is 34.1 Å². The minimum Gasteiger partial charge on any atom is -0.448 e.